The Morgan fingerprint density at radius 1 is 1.29 bits per heavy atom. The van der Waals surface area contributed by atoms with Crippen LogP contribution in [0.1, 0.15) is 27.2 Å². The molecular weight excluding hydrogens is 272 g/mol. The van der Waals surface area contributed by atoms with Gasteiger partial charge in [0, 0.05) is 13.0 Å². The average Bonchev–Trinajstić information content (AvgIpc) is 2.48. The third-order valence-electron chi connectivity index (χ3n) is 5.23. The average molecular weight is 299 g/mol. The van der Waals surface area contributed by atoms with Gasteiger partial charge in [-0.1, -0.05) is 0 Å². The van der Waals surface area contributed by atoms with Crippen LogP contribution in [0.15, 0.2) is 0 Å². The number of ether oxygens (including phenoxy) is 2. The fourth-order valence-electron chi connectivity index (χ4n) is 3.23. The summed E-state index contributed by atoms with van der Waals surface area (Å²) in [4.78, 5) is 26.1. The summed E-state index contributed by atoms with van der Waals surface area (Å²) in [6, 6.07) is -0.402. The van der Waals surface area contributed by atoms with E-state index in [0.29, 0.717) is 13.0 Å². The van der Waals surface area contributed by atoms with E-state index in [0.717, 1.165) is 30.7 Å². The first-order chi connectivity index (χ1) is 9.89. The van der Waals surface area contributed by atoms with Gasteiger partial charge in [-0.2, -0.15) is 0 Å². The number of esters is 2. The number of carbonyl (C=O) groups excluding carboxylic acids is 2. The van der Waals surface area contributed by atoms with Crippen LogP contribution in [-0.4, -0.2) is 79.3 Å². The molecule has 2 aliphatic heterocycles. The van der Waals surface area contributed by atoms with Crippen LogP contribution >= 0.6 is 0 Å². The van der Waals surface area contributed by atoms with Crippen molar-refractivity contribution in [3.05, 3.63) is 0 Å². The summed E-state index contributed by atoms with van der Waals surface area (Å²) < 4.78 is 11.5. The summed E-state index contributed by atoms with van der Waals surface area (Å²) >= 11 is 0. The Balaban J connectivity index is 2.24. The molecule has 6 nitrogen and oxygen atoms in total. The highest BCUT2D eigenvalue weighted by Crippen LogP contribution is 2.25. The molecule has 2 saturated heterocycles. The van der Waals surface area contributed by atoms with Gasteiger partial charge in [-0.3, -0.25) is 9.69 Å². The molecule has 0 aromatic heterocycles. The Hall–Kier alpha value is -1.14. The number of rotatable bonds is 1. The smallest absolute Gasteiger partial charge is 0.365 e. The molecule has 0 aromatic carbocycles. The first kappa shape index (κ1) is 16.2. The summed E-state index contributed by atoms with van der Waals surface area (Å²) in [5.41, 5.74) is 0. The molecule has 2 rings (SSSR count). The van der Waals surface area contributed by atoms with E-state index in [1.165, 1.54) is 0 Å². The Kier molecular flexibility index (Phi) is 4.88. The Morgan fingerprint density at radius 3 is 2.67 bits per heavy atom. The van der Waals surface area contributed by atoms with Crippen molar-refractivity contribution in [2.45, 2.75) is 45.4 Å². The molecule has 0 saturated carbocycles. The quantitative estimate of drug-likeness (QED) is 0.518. The standard InChI is InChI=1S/C15H27N2O4/c1-5-17-8-7-16(4)11(2)14(18)20-9-6-13(10-17)21-15(19)12(17)3/h11-13H,5-10H2,1-4H3/q+1. The van der Waals surface area contributed by atoms with E-state index < -0.39 is 0 Å². The highest BCUT2D eigenvalue weighted by Gasteiger charge is 2.46. The molecule has 0 radical (unpaired) electrons. The molecule has 0 aromatic rings. The van der Waals surface area contributed by atoms with Gasteiger partial charge in [0.25, 0.3) is 0 Å². The zero-order valence-corrected chi connectivity index (χ0v) is 13.5. The van der Waals surface area contributed by atoms with Crippen molar-refractivity contribution in [1.29, 1.82) is 0 Å². The van der Waals surface area contributed by atoms with Gasteiger partial charge in [-0.05, 0) is 27.8 Å². The van der Waals surface area contributed by atoms with Crippen molar-refractivity contribution in [1.82, 2.24) is 4.90 Å². The second-order valence-electron chi connectivity index (χ2n) is 6.29. The maximum Gasteiger partial charge on any atom is 0.365 e. The molecule has 2 fully saturated rings. The van der Waals surface area contributed by atoms with E-state index in [-0.39, 0.29) is 30.1 Å². The molecule has 6 heteroatoms. The van der Waals surface area contributed by atoms with Crippen molar-refractivity contribution in [2.75, 3.05) is 39.8 Å². The Labute approximate surface area is 126 Å². The predicted molar refractivity (Wildman–Crippen MR) is 77.5 cm³/mol. The van der Waals surface area contributed by atoms with Crippen molar-refractivity contribution in [3.63, 3.8) is 0 Å². The topological polar surface area (TPSA) is 55.8 Å². The lowest BCUT2D eigenvalue weighted by atomic mass is 10.1. The van der Waals surface area contributed by atoms with Crippen molar-refractivity contribution < 1.29 is 23.5 Å². The number of nitrogens with zero attached hydrogens (tertiary/aromatic N) is 2. The summed E-state index contributed by atoms with van der Waals surface area (Å²) in [6.07, 6.45) is 0.431. The van der Waals surface area contributed by atoms with Gasteiger partial charge in [0.1, 0.15) is 12.6 Å². The highest BCUT2D eigenvalue weighted by molar-refractivity contribution is 5.75. The van der Waals surface area contributed by atoms with Crippen LogP contribution in [0.2, 0.25) is 0 Å². The third-order valence-corrected chi connectivity index (χ3v) is 5.23. The lowest BCUT2D eigenvalue weighted by Crippen LogP contribution is -2.66. The maximum absolute atomic E-state index is 12.2. The van der Waals surface area contributed by atoms with Crippen LogP contribution in [0.4, 0.5) is 0 Å². The Morgan fingerprint density at radius 2 is 2.00 bits per heavy atom. The molecule has 2 bridgehead atoms. The fraction of sp³-hybridized carbons (Fsp3) is 0.867. The van der Waals surface area contributed by atoms with E-state index in [2.05, 4.69) is 6.92 Å². The van der Waals surface area contributed by atoms with Gasteiger partial charge in [0.15, 0.2) is 12.1 Å². The first-order valence-electron chi connectivity index (χ1n) is 7.83. The van der Waals surface area contributed by atoms with E-state index in [9.17, 15) is 9.59 Å². The lowest BCUT2D eigenvalue weighted by Gasteiger charge is -2.47. The minimum atomic E-state index is -0.256. The lowest BCUT2D eigenvalue weighted by molar-refractivity contribution is -0.946. The third kappa shape index (κ3) is 3.21. The summed E-state index contributed by atoms with van der Waals surface area (Å²) in [7, 11) is 1.93. The summed E-state index contributed by atoms with van der Waals surface area (Å²) in [5.74, 6) is -0.333. The van der Waals surface area contributed by atoms with E-state index in [1.807, 2.05) is 25.8 Å². The van der Waals surface area contributed by atoms with Crippen LogP contribution in [0.3, 0.4) is 0 Å². The van der Waals surface area contributed by atoms with Gasteiger partial charge in [-0.25, -0.2) is 4.79 Å². The maximum atomic E-state index is 12.2. The molecular formula is C15H27N2O4+. The molecule has 120 valence electrons. The first-order valence-corrected chi connectivity index (χ1v) is 7.83. The molecule has 2 heterocycles. The minimum Gasteiger partial charge on any atom is -0.464 e. The van der Waals surface area contributed by atoms with Crippen LogP contribution in [0.25, 0.3) is 0 Å². The van der Waals surface area contributed by atoms with Crippen LogP contribution in [-0.2, 0) is 19.1 Å². The van der Waals surface area contributed by atoms with E-state index >= 15 is 0 Å². The van der Waals surface area contributed by atoms with Gasteiger partial charge in [-0.15, -0.1) is 0 Å². The van der Waals surface area contributed by atoms with E-state index in [1.54, 1.807) is 0 Å². The highest BCUT2D eigenvalue weighted by atomic mass is 16.6. The monoisotopic (exact) mass is 299 g/mol. The number of carbonyl (C=O) groups is 2. The molecule has 4 atom stereocenters. The van der Waals surface area contributed by atoms with Crippen LogP contribution < -0.4 is 0 Å². The van der Waals surface area contributed by atoms with Gasteiger partial charge in [0.2, 0.25) is 0 Å². The second kappa shape index (κ2) is 6.32. The number of cyclic esters (lactones) is 1. The number of fused-ring (bicyclic) bond motifs is 2. The molecule has 21 heavy (non-hydrogen) atoms. The van der Waals surface area contributed by atoms with Crippen LogP contribution in [0, 0.1) is 0 Å². The number of likely N-dealkylation sites (N-methyl/N-ethyl adjacent to an activating group) is 2. The molecule has 0 N–H and O–H groups in total. The van der Waals surface area contributed by atoms with Crippen LogP contribution in [0.5, 0.6) is 0 Å². The summed E-state index contributed by atoms with van der Waals surface area (Å²) in [5, 5.41) is 0. The second-order valence-corrected chi connectivity index (χ2v) is 6.29. The number of morpholine rings is 1. The summed E-state index contributed by atoms with van der Waals surface area (Å²) in [6.45, 7) is 9.55. The van der Waals surface area contributed by atoms with Gasteiger partial charge >= 0.3 is 11.9 Å². The van der Waals surface area contributed by atoms with Crippen molar-refractivity contribution >= 4 is 11.9 Å². The molecule has 0 aliphatic carbocycles. The van der Waals surface area contributed by atoms with E-state index in [4.69, 9.17) is 9.47 Å². The van der Waals surface area contributed by atoms with Crippen molar-refractivity contribution in [2.24, 2.45) is 0 Å². The molecule has 4 unspecified atom stereocenters. The normalized spacial score (nSPS) is 39.1. The predicted octanol–water partition coefficient (Wildman–Crippen LogP) is 0.404. The zero-order valence-electron chi connectivity index (χ0n) is 13.5. The number of hydrogen-bond donors (Lipinski definition) is 0. The van der Waals surface area contributed by atoms with Gasteiger partial charge < -0.3 is 14.0 Å². The Bertz CT molecular complexity index is 414. The zero-order chi connectivity index (χ0) is 15.6. The minimum absolute atomic E-state index is 0.130. The molecule has 2 aliphatic rings. The molecule has 0 amide bonds. The van der Waals surface area contributed by atoms with Gasteiger partial charge in [0.05, 0.1) is 19.7 Å². The SMILES string of the molecule is CC[N+]12CCN(C)C(C)C(=O)OCCC(C1)OC(=O)C2C. The fourth-order valence-corrected chi connectivity index (χ4v) is 3.23. The van der Waals surface area contributed by atoms with Crippen molar-refractivity contribution in [3.8, 4) is 0 Å². The largest absolute Gasteiger partial charge is 0.464 e. The number of quaternary nitrogens is 1. The molecule has 0 spiro atoms. The number of hydrogen-bond acceptors (Lipinski definition) is 5.